The minimum absolute atomic E-state index is 0.442. The number of hydrogen-bond acceptors (Lipinski definition) is 2. The maximum absolute atomic E-state index is 3.63. The van der Waals surface area contributed by atoms with Gasteiger partial charge in [-0.3, -0.25) is 0 Å². The molecule has 0 bridgehead atoms. The lowest BCUT2D eigenvalue weighted by molar-refractivity contribution is 0.501. The number of benzene rings is 1. The lowest BCUT2D eigenvalue weighted by Gasteiger charge is -2.18. The summed E-state index contributed by atoms with van der Waals surface area (Å²) >= 11 is 1.92. The predicted molar refractivity (Wildman–Crippen MR) is 88.9 cm³/mol. The molecule has 2 atom stereocenters. The molecule has 0 aliphatic carbocycles. The summed E-state index contributed by atoms with van der Waals surface area (Å²) in [5, 5.41) is 3.63. The van der Waals surface area contributed by atoms with Gasteiger partial charge in [0.25, 0.3) is 0 Å². The van der Waals surface area contributed by atoms with Crippen LogP contribution in [0.5, 0.6) is 0 Å². The van der Waals surface area contributed by atoms with E-state index in [2.05, 4.69) is 63.5 Å². The Morgan fingerprint density at radius 3 is 2.21 bits per heavy atom. The van der Waals surface area contributed by atoms with Gasteiger partial charge in [-0.2, -0.15) is 11.8 Å². The van der Waals surface area contributed by atoms with Crippen LogP contribution in [0.3, 0.4) is 0 Å². The molecule has 0 saturated carbocycles. The van der Waals surface area contributed by atoms with Crippen molar-refractivity contribution in [2.24, 2.45) is 11.8 Å². The van der Waals surface area contributed by atoms with Gasteiger partial charge < -0.3 is 5.32 Å². The molecule has 0 radical (unpaired) electrons. The Hall–Kier alpha value is -0.470. The molecule has 0 aliphatic heterocycles. The normalized spacial score (nSPS) is 14.6. The van der Waals surface area contributed by atoms with Gasteiger partial charge in [0.2, 0.25) is 0 Å². The molecule has 2 heteroatoms. The fourth-order valence-corrected chi connectivity index (χ4v) is 2.94. The highest BCUT2D eigenvalue weighted by Gasteiger charge is 2.07. The lowest BCUT2D eigenvalue weighted by atomic mass is 10.00. The Morgan fingerprint density at radius 1 is 1.05 bits per heavy atom. The first-order chi connectivity index (χ1) is 9.02. The predicted octanol–water partition coefficient (Wildman–Crippen LogP) is 4.53. The molecule has 0 fully saturated rings. The van der Waals surface area contributed by atoms with E-state index in [1.54, 1.807) is 0 Å². The molecule has 0 spiro atoms. The second kappa shape index (κ2) is 8.65. The highest BCUT2D eigenvalue weighted by Crippen LogP contribution is 2.16. The van der Waals surface area contributed by atoms with Crippen LogP contribution in [0, 0.1) is 11.8 Å². The number of hydrogen-bond donors (Lipinski definition) is 1. The topological polar surface area (TPSA) is 12.0 Å². The molecular weight excluding hydrogens is 250 g/mol. The quantitative estimate of drug-likeness (QED) is 0.750. The van der Waals surface area contributed by atoms with Crippen molar-refractivity contribution in [2.75, 3.05) is 18.6 Å². The van der Waals surface area contributed by atoms with Crippen molar-refractivity contribution in [3.8, 4) is 0 Å². The molecule has 1 aromatic rings. The smallest absolute Gasteiger partial charge is 0.0291 e. The van der Waals surface area contributed by atoms with E-state index in [0.29, 0.717) is 6.04 Å². The molecule has 0 saturated heterocycles. The highest BCUT2D eigenvalue weighted by atomic mass is 32.2. The summed E-state index contributed by atoms with van der Waals surface area (Å²) in [6.45, 7) is 10.2. The van der Waals surface area contributed by atoms with Crippen molar-refractivity contribution >= 4 is 11.8 Å². The summed E-state index contributed by atoms with van der Waals surface area (Å²) in [6.07, 6.45) is 3.35. The van der Waals surface area contributed by atoms with Crippen molar-refractivity contribution < 1.29 is 0 Å². The van der Waals surface area contributed by atoms with Crippen LogP contribution in [0.1, 0.15) is 44.9 Å². The van der Waals surface area contributed by atoms with Crippen LogP contribution in [0.4, 0.5) is 0 Å². The van der Waals surface area contributed by atoms with Gasteiger partial charge in [0, 0.05) is 6.04 Å². The standard InChI is InChI=1S/C17H29NS/c1-13(2)10-16-6-8-17(9-7-16)15(4)18-11-14(3)12-19-5/h6-9,13-15,18H,10-12H2,1-5H3. The average molecular weight is 279 g/mol. The van der Waals surface area contributed by atoms with Gasteiger partial charge in [-0.1, -0.05) is 45.0 Å². The van der Waals surface area contributed by atoms with Gasteiger partial charge in [0.05, 0.1) is 0 Å². The molecule has 2 unspecified atom stereocenters. The van der Waals surface area contributed by atoms with E-state index in [9.17, 15) is 0 Å². The number of rotatable bonds is 8. The van der Waals surface area contributed by atoms with Gasteiger partial charge in [-0.25, -0.2) is 0 Å². The molecule has 19 heavy (non-hydrogen) atoms. The molecule has 1 rings (SSSR count). The van der Waals surface area contributed by atoms with Gasteiger partial charge >= 0.3 is 0 Å². The van der Waals surface area contributed by atoms with E-state index < -0.39 is 0 Å². The van der Waals surface area contributed by atoms with Crippen molar-refractivity contribution in [3.63, 3.8) is 0 Å². The molecule has 0 aliphatic rings. The van der Waals surface area contributed by atoms with Gasteiger partial charge in [0.1, 0.15) is 0 Å². The maximum Gasteiger partial charge on any atom is 0.0291 e. The Morgan fingerprint density at radius 2 is 1.68 bits per heavy atom. The molecule has 1 aromatic carbocycles. The SMILES string of the molecule is CSCC(C)CNC(C)c1ccc(CC(C)C)cc1. The number of nitrogens with one attached hydrogen (secondary N) is 1. The molecule has 108 valence electrons. The van der Waals surface area contributed by atoms with Crippen LogP contribution in [-0.4, -0.2) is 18.6 Å². The van der Waals surface area contributed by atoms with Crippen molar-refractivity contribution in [1.82, 2.24) is 5.32 Å². The van der Waals surface area contributed by atoms with Gasteiger partial charge in [0.15, 0.2) is 0 Å². The van der Waals surface area contributed by atoms with E-state index in [-0.39, 0.29) is 0 Å². The fourth-order valence-electron chi connectivity index (χ4n) is 2.25. The summed E-state index contributed by atoms with van der Waals surface area (Å²) in [4.78, 5) is 0. The largest absolute Gasteiger partial charge is 0.310 e. The molecule has 1 nitrogen and oxygen atoms in total. The summed E-state index contributed by atoms with van der Waals surface area (Å²) in [7, 11) is 0. The third-order valence-corrected chi connectivity index (χ3v) is 4.25. The first kappa shape index (κ1) is 16.6. The van der Waals surface area contributed by atoms with E-state index in [1.807, 2.05) is 11.8 Å². The Bertz CT molecular complexity index is 345. The molecular formula is C17H29NS. The first-order valence-electron chi connectivity index (χ1n) is 7.34. The van der Waals surface area contributed by atoms with E-state index >= 15 is 0 Å². The lowest BCUT2D eigenvalue weighted by Crippen LogP contribution is -2.25. The van der Waals surface area contributed by atoms with Crippen molar-refractivity contribution in [2.45, 2.75) is 40.2 Å². The summed E-state index contributed by atoms with van der Waals surface area (Å²) in [5.74, 6) is 2.69. The Kier molecular flexibility index (Phi) is 7.55. The fraction of sp³-hybridized carbons (Fsp3) is 0.647. The Balaban J connectivity index is 2.46. The van der Waals surface area contributed by atoms with Crippen LogP contribution in [0.25, 0.3) is 0 Å². The second-order valence-corrected chi connectivity index (χ2v) is 6.94. The minimum atomic E-state index is 0.442. The van der Waals surface area contributed by atoms with E-state index in [1.165, 1.54) is 23.3 Å². The zero-order valence-electron chi connectivity index (χ0n) is 13.1. The third kappa shape index (κ3) is 6.49. The van der Waals surface area contributed by atoms with Crippen LogP contribution >= 0.6 is 11.8 Å². The van der Waals surface area contributed by atoms with Crippen LogP contribution in [-0.2, 0) is 6.42 Å². The summed E-state index contributed by atoms with van der Waals surface area (Å²) in [5.41, 5.74) is 2.84. The van der Waals surface area contributed by atoms with Crippen molar-refractivity contribution in [1.29, 1.82) is 0 Å². The number of thioether (sulfide) groups is 1. The van der Waals surface area contributed by atoms with E-state index in [0.717, 1.165) is 18.4 Å². The van der Waals surface area contributed by atoms with Crippen LogP contribution in [0.15, 0.2) is 24.3 Å². The molecule has 0 aromatic heterocycles. The third-order valence-electron chi connectivity index (χ3n) is 3.35. The zero-order valence-corrected chi connectivity index (χ0v) is 13.9. The highest BCUT2D eigenvalue weighted by molar-refractivity contribution is 7.98. The van der Waals surface area contributed by atoms with Gasteiger partial charge in [-0.05, 0) is 54.9 Å². The second-order valence-electron chi connectivity index (χ2n) is 6.03. The molecule has 1 N–H and O–H groups in total. The summed E-state index contributed by atoms with van der Waals surface area (Å²) < 4.78 is 0. The average Bonchev–Trinajstić information content (AvgIpc) is 2.36. The van der Waals surface area contributed by atoms with Crippen LogP contribution in [0.2, 0.25) is 0 Å². The Labute approximate surface area is 123 Å². The van der Waals surface area contributed by atoms with Crippen LogP contribution < -0.4 is 5.32 Å². The maximum atomic E-state index is 3.63. The van der Waals surface area contributed by atoms with Crippen molar-refractivity contribution in [3.05, 3.63) is 35.4 Å². The van der Waals surface area contributed by atoms with Gasteiger partial charge in [-0.15, -0.1) is 0 Å². The molecule has 0 amide bonds. The van der Waals surface area contributed by atoms with E-state index in [4.69, 9.17) is 0 Å². The molecule has 0 heterocycles. The zero-order chi connectivity index (χ0) is 14.3. The summed E-state index contributed by atoms with van der Waals surface area (Å²) in [6, 6.07) is 9.54. The minimum Gasteiger partial charge on any atom is -0.310 e. The first-order valence-corrected chi connectivity index (χ1v) is 8.73. The monoisotopic (exact) mass is 279 g/mol.